The molecule has 1 aromatic rings. The van der Waals surface area contributed by atoms with Crippen molar-refractivity contribution in [2.75, 3.05) is 7.11 Å². The molecule has 0 aliphatic carbocycles. The van der Waals surface area contributed by atoms with E-state index in [2.05, 4.69) is 0 Å². The second-order valence-corrected chi connectivity index (χ2v) is 2.34. The van der Waals surface area contributed by atoms with Crippen LogP contribution in [0.3, 0.4) is 0 Å². The quantitative estimate of drug-likeness (QED) is 0.640. The van der Waals surface area contributed by atoms with E-state index in [1.165, 1.54) is 19.2 Å². The molecule has 0 bridgehead atoms. The van der Waals surface area contributed by atoms with Gasteiger partial charge < -0.3 is 9.53 Å². The number of aldehydes is 1. The molecule has 3 heteroatoms. The number of ether oxygens (including phenoxy) is 1. The minimum absolute atomic E-state index is 0.175. The van der Waals surface area contributed by atoms with Gasteiger partial charge in [0.1, 0.15) is 6.29 Å². The number of carbonyl (C=O) groups is 1. The molecular weight excluding hydrogens is 159 g/mol. The van der Waals surface area contributed by atoms with Gasteiger partial charge in [0.05, 0.1) is 7.11 Å². The summed E-state index contributed by atoms with van der Waals surface area (Å²) in [5.74, 6) is -0.235. The fourth-order valence-electron chi connectivity index (χ4n) is 0.927. The van der Waals surface area contributed by atoms with E-state index in [9.17, 15) is 9.18 Å². The molecule has 0 N–H and O–H groups in total. The lowest BCUT2D eigenvalue weighted by molar-refractivity contribution is -0.107. The molecule has 0 atom stereocenters. The van der Waals surface area contributed by atoms with Crippen molar-refractivity contribution in [3.63, 3.8) is 0 Å². The molecule has 64 valence electrons. The Hall–Kier alpha value is -1.38. The first-order valence-corrected chi connectivity index (χ1v) is 3.54. The van der Waals surface area contributed by atoms with Crippen LogP contribution in [0, 0.1) is 5.82 Å². The molecule has 2 nitrogen and oxygen atoms in total. The van der Waals surface area contributed by atoms with Crippen molar-refractivity contribution in [3.8, 4) is 5.75 Å². The predicted octanol–water partition coefficient (Wildman–Crippen LogP) is 1.58. The van der Waals surface area contributed by atoms with Gasteiger partial charge in [0.2, 0.25) is 0 Å². The molecule has 0 unspecified atom stereocenters. The number of hydrogen-bond acceptors (Lipinski definition) is 2. The molecular formula is C9H9FO2. The van der Waals surface area contributed by atoms with Crippen molar-refractivity contribution in [1.29, 1.82) is 0 Å². The van der Waals surface area contributed by atoms with Crippen LogP contribution >= 0.6 is 0 Å². The van der Waals surface area contributed by atoms with E-state index < -0.39 is 5.82 Å². The Morgan fingerprint density at radius 1 is 1.58 bits per heavy atom. The second-order valence-electron chi connectivity index (χ2n) is 2.34. The van der Waals surface area contributed by atoms with Crippen LogP contribution in [0.15, 0.2) is 18.2 Å². The van der Waals surface area contributed by atoms with Gasteiger partial charge in [-0.3, -0.25) is 0 Å². The highest BCUT2D eigenvalue weighted by Crippen LogP contribution is 2.17. The van der Waals surface area contributed by atoms with Crippen LogP contribution in [0.4, 0.5) is 4.39 Å². The Morgan fingerprint density at radius 2 is 2.33 bits per heavy atom. The van der Waals surface area contributed by atoms with Crippen molar-refractivity contribution in [2.45, 2.75) is 6.42 Å². The lowest BCUT2D eigenvalue weighted by atomic mass is 10.1. The van der Waals surface area contributed by atoms with Crippen molar-refractivity contribution in [1.82, 2.24) is 0 Å². The number of carbonyl (C=O) groups excluding carboxylic acids is 1. The normalized spacial score (nSPS) is 9.50. The maximum atomic E-state index is 12.8. The summed E-state index contributed by atoms with van der Waals surface area (Å²) in [7, 11) is 1.39. The summed E-state index contributed by atoms with van der Waals surface area (Å²) in [4.78, 5) is 10.1. The smallest absolute Gasteiger partial charge is 0.165 e. The van der Waals surface area contributed by atoms with Gasteiger partial charge in [-0.2, -0.15) is 0 Å². The molecule has 0 fully saturated rings. The van der Waals surface area contributed by atoms with Crippen LogP contribution in [0.1, 0.15) is 5.56 Å². The molecule has 0 spiro atoms. The molecule has 0 aliphatic heterocycles. The van der Waals surface area contributed by atoms with Crippen molar-refractivity contribution >= 4 is 6.29 Å². The summed E-state index contributed by atoms with van der Waals surface area (Å²) in [6.45, 7) is 0. The number of rotatable bonds is 3. The van der Waals surface area contributed by atoms with Gasteiger partial charge in [0.25, 0.3) is 0 Å². The highest BCUT2D eigenvalue weighted by Gasteiger charge is 2.02. The fourth-order valence-corrected chi connectivity index (χ4v) is 0.927. The van der Waals surface area contributed by atoms with Crippen molar-refractivity contribution < 1.29 is 13.9 Å². The molecule has 0 aromatic heterocycles. The maximum Gasteiger partial charge on any atom is 0.165 e. The van der Waals surface area contributed by atoms with Crippen LogP contribution in [-0.2, 0) is 11.2 Å². The summed E-state index contributed by atoms with van der Waals surface area (Å²) in [5.41, 5.74) is 0.753. The molecule has 0 amide bonds. The van der Waals surface area contributed by atoms with Crippen molar-refractivity contribution in [2.24, 2.45) is 0 Å². The second kappa shape index (κ2) is 3.85. The zero-order chi connectivity index (χ0) is 8.97. The first-order valence-electron chi connectivity index (χ1n) is 3.54. The minimum atomic E-state index is -0.410. The van der Waals surface area contributed by atoms with Gasteiger partial charge in [-0.1, -0.05) is 6.07 Å². The highest BCUT2D eigenvalue weighted by molar-refractivity contribution is 5.55. The molecule has 12 heavy (non-hydrogen) atoms. The Balaban J connectivity index is 2.96. The molecule has 1 rings (SSSR count). The van der Waals surface area contributed by atoms with E-state index in [1.54, 1.807) is 6.07 Å². The Bertz CT molecular complexity index is 284. The summed E-state index contributed by atoms with van der Waals surface area (Å²) in [5, 5.41) is 0. The van der Waals surface area contributed by atoms with Crippen LogP contribution in [0.25, 0.3) is 0 Å². The molecule has 0 heterocycles. The van der Waals surface area contributed by atoms with E-state index in [-0.39, 0.29) is 12.2 Å². The first kappa shape index (κ1) is 8.71. The topological polar surface area (TPSA) is 26.3 Å². The van der Waals surface area contributed by atoms with Gasteiger partial charge in [0, 0.05) is 6.42 Å². The average molecular weight is 168 g/mol. The maximum absolute atomic E-state index is 12.8. The number of methoxy groups -OCH3 is 1. The average Bonchev–Trinajstić information content (AvgIpc) is 2.09. The molecule has 0 saturated heterocycles. The lowest BCUT2D eigenvalue weighted by Gasteiger charge is -2.02. The zero-order valence-corrected chi connectivity index (χ0v) is 6.71. The largest absolute Gasteiger partial charge is 0.494 e. The molecule has 0 saturated carbocycles. The molecule has 0 aliphatic rings. The summed E-state index contributed by atoms with van der Waals surface area (Å²) in [6.07, 6.45) is 1.06. The standard InChI is InChI=1S/C9H9FO2/c1-12-9-6-7(4-5-11)2-3-8(9)10/h2-3,5-6H,4H2,1H3. The van der Waals surface area contributed by atoms with E-state index in [0.717, 1.165) is 11.8 Å². The zero-order valence-electron chi connectivity index (χ0n) is 6.71. The number of hydrogen-bond donors (Lipinski definition) is 0. The first-order chi connectivity index (χ1) is 5.77. The lowest BCUT2D eigenvalue weighted by Crippen LogP contribution is -1.91. The fraction of sp³-hybridized carbons (Fsp3) is 0.222. The molecule has 0 radical (unpaired) electrons. The third-order valence-electron chi connectivity index (χ3n) is 1.53. The monoisotopic (exact) mass is 168 g/mol. The van der Waals surface area contributed by atoms with E-state index >= 15 is 0 Å². The van der Waals surface area contributed by atoms with E-state index in [1.807, 2.05) is 0 Å². The third kappa shape index (κ3) is 1.81. The van der Waals surface area contributed by atoms with Gasteiger partial charge in [-0.05, 0) is 17.7 Å². The van der Waals surface area contributed by atoms with Crippen LogP contribution < -0.4 is 4.74 Å². The predicted molar refractivity (Wildman–Crippen MR) is 42.7 cm³/mol. The third-order valence-corrected chi connectivity index (χ3v) is 1.53. The minimum Gasteiger partial charge on any atom is -0.494 e. The summed E-state index contributed by atoms with van der Waals surface area (Å²) in [6, 6.07) is 4.37. The van der Waals surface area contributed by atoms with Gasteiger partial charge >= 0.3 is 0 Å². The van der Waals surface area contributed by atoms with E-state index in [0.29, 0.717) is 0 Å². The van der Waals surface area contributed by atoms with Gasteiger partial charge in [-0.25, -0.2) is 4.39 Å². The highest BCUT2D eigenvalue weighted by atomic mass is 19.1. The summed E-state index contributed by atoms with van der Waals surface area (Å²) < 4.78 is 17.5. The Labute approximate surface area is 70.0 Å². The Morgan fingerprint density at radius 3 is 2.92 bits per heavy atom. The van der Waals surface area contributed by atoms with Crippen LogP contribution in [0.2, 0.25) is 0 Å². The van der Waals surface area contributed by atoms with Crippen LogP contribution in [-0.4, -0.2) is 13.4 Å². The number of halogens is 1. The van der Waals surface area contributed by atoms with Gasteiger partial charge in [0.15, 0.2) is 11.6 Å². The van der Waals surface area contributed by atoms with E-state index in [4.69, 9.17) is 4.74 Å². The summed E-state index contributed by atoms with van der Waals surface area (Å²) >= 11 is 0. The van der Waals surface area contributed by atoms with Crippen LogP contribution in [0.5, 0.6) is 5.75 Å². The van der Waals surface area contributed by atoms with Crippen molar-refractivity contribution in [3.05, 3.63) is 29.6 Å². The molecule has 1 aromatic carbocycles. The Kier molecular flexibility index (Phi) is 2.80. The number of benzene rings is 1. The van der Waals surface area contributed by atoms with Gasteiger partial charge in [-0.15, -0.1) is 0 Å². The SMILES string of the molecule is COc1cc(CC=O)ccc1F.